The van der Waals surface area contributed by atoms with Gasteiger partial charge in [-0.15, -0.1) is 0 Å². The van der Waals surface area contributed by atoms with Crippen molar-refractivity contribution >= 4 is 33.8 Å². The van der Waals surface area contributed by atoms with Crippen LogP contribution in [-0.4, -0.2) is 61.0 Å². The van der Waals surface area contributed by atoms with E-state index < -0.39 is 0 Å². The molecule has 7 nitrogen and oxygen atoms in total. The number of anilines is 2. The van der Waals surface area contributed by atoms with Crippen LogP contribution in [0.3, 0.4) is 0 Å². The van der Waals surface area contributed by atoms with E-state index in [0.717, 1.165) is 62.5 Å². The Morgan fingerprint density at radius 1 is 0.794 bits per heavy atom. The first-order valence-electron chi connectivity index (χ1n) is 13.0. The quantitative estimate of drug-likeness (QED) is 0.560. The molecule has 0 bridgehead atoms. The van der Waals surface area contributed by atoms with Crippen LogP contribution in [-0.2, 0) is 6.42 Å². The number of imidazole rings is 1. The lowest BCUT2D eigenvalue weighted by Gasteiger charge is -2.37. The van der Waals surface area contributed by atoms with Crippen LogP contribution in [0.1, 0.15) is 43.1 Å². The van der Waals surface area contributed by atoms with Crippen molar-refractivity contribution in [2.24, 2.45) is 4.99 Å². The molecule has 34 heavy (non-hydrogen) atoms. The maximum absolute atomic E-state index is 4.94. The van der Waals surface area contributed by atoms with E-state index in [1.54, 1.807) is 0 Å². The zero-order chi connectivity index (χ0) is 22.5. The molecule has 0 aliphatic carbocycles. The molecule has 176 valence electrons. The summed E-state index contributed by atoms with van der Waals surface area (Å²) in [4.78, 5) is 18.4. The summed E-state index contributed by atoms with van der Waals surface area (Å²) < 4.78 is 0. The minimum atomic E-state index is 0.377. The molecular formula is C27H33N7. The molecule has 3 N–H and O–H groups in total. The Hall–Kier alpha value is -2.90. The molecule has 3 saturated heterocycles. The summed E-state index contributed by atoms with van der Waals surface area (Å²) in [6.07, 6.45) is 5.89. The van der Waals surface area contributed by atoms with Crippen molar-refractivity contribution < 1.29 is 0 Å². The zero-order valence-corrected chi connectivity index (χ0v) is 19.7. The van der Waals surface area contributed by atoms with Crippen molar-refractivity contribution in [2.75, 3.05) is 49.1 Å². The van der Waals surface area contributed by atoms with Gasteiger partial charge in [-0.25, -0.2) is 4.98 Å². The van der Waals surface area contributed by atoms with Gasteiger partial charge in [0.2, 0.25) is 0 Å². The smallest absolute Gasteiger partial charge is 0.124 e. The highest BCUT2D eigenvalue weighted by molar-refractivity contribution is 5.98. The Bertz CT molecular complexity index is 1230. The van der Waals surface area contributed by atoms with Crippen LogP contribution in [0.15, 0.2) is 41.4 Å². The van der Waals surface area contributed by atoms with Crippen LogP contribution in [0, 0.1) is 0 Å². The Morgan fingerprint density at radius 2 is 1.50 bits per heavy atom. The second-order valence-corrected chi connectivity index (χ2v) is 10.2. The molecule has 3 aromatic rings. The van der Waals surface area contributed by atoms with Crippen LogP contribution in [0.5, 0.6) is 0 Å². The molecule has 2 aromatic carbocycles. The molecule has 0 radical (unpaired) electrons. The van der Waals surface area contributed by atoms with Gasteiger partial charge in [0.15, 0.2) is 0 Å². The van der Waals surface area contributed by atoms with Crippen LogP contribution in [0.2, 0.25) is 0 Å². The molecule has 0 saturated carbocycles. The average molecular weight is 456 g/mol. The Morgan fingerprint density at radius 3 is 2.24 bits per heavy atom. The summed E-state index contributed by atoms with van der Waals surface area (Å²) >= 11 is 0. The predicted octanol–water partition coefficient (Wildman–Crippen LogP) is 3.69. The average Bonchev–Trinajstić information content (AvgIpc) is 3.69. The van der Waals surface area contributed by atoms with Gasteiger partial charge in [0.1, 0.15) is 5.82 Å². The van der Waals surface area contributed by atoms with Crippen LogP contribution >= 0.6 is 0 Å². The Balaban J connectivity index is 1.02. The third-order valence-corrected chi connectivity index (χ3v) is 8.05. The van der Waals surface area contributed by atoms with Gasteiger partial charge in [-0.2, -0.15) is 0 Å². The fourth-order valence-electron chi connectivity index (χ4n) is 6.10. The van der Waals surface area contributed by atoms with Crippen LogP contribution < -0.4 is 20.4 Å². The van der Waals surface area contributed by atoms with Gasteiger partial charge in [0.25, 0.3) is 0 Å². The van der Waals surface area contributed by atoms with Crippen molar-refractivity contribution in [3.8, 4) is 0 Å². The third-order valence-electron chi connectivity index (χ3n) is 8.05. The van der Waals surface area contributed by atoms with E-state index in [0.29, 0.717) is 12.1 Å². The van der Waals surface area contributed by atoms with E-state index in [-0.39, 0.29) is 0 Å². The number of fused-ring (bicyclic) bond motifs is 2. The van der Waals surface area contributed by atoms with E-state index >= 15 is 0 Å². The topological polar surface area (TPSA) is 71.6 Å². The number of hydrogen-bond donors (Lipinski definition) is 3. The molecule has 4 aliphatic heterocycles. The highest BCUT2D eigenvalue weighted by Crippen LogP contribution is 2.33. The maximum Gasteiger partial charge on any atom is 0.124 e. The fourth-order valence-corrected chi connectivity index (χ4v) is 6.10. The largest absolute Gasteiger partial charge is 0.368 e. The minimum absolute atomic E-state index is 0.377. The molecule has 5 heterocycles. The highest BCUT2D eigenvalue weighted by Gasteiger charge is 2.26. The van der Waals surface area contributed by atoms with Crippen LogP contribution in [0.4, 0.5) is 17.1 Å². The first-order chi connectivity index (χ1) is 16.8. The number of rotatable bonds is 4. The van der Waals surface area contributed by atoms with Crippen LogP contribution in [0.25, 0.3) is 11.0 Å². The van der Waals surface area contributed by atoms with E-state index in [9.17, 15) is 0 Å². The summed E-state index contributed by atoms with van der Waals surface area (Å²) in [6.45, 7) is 6.35. The highest BCUT2D eigenvalue weighted by atomic mass is 15.3. The lowest BCUT2D eigenvalue weighted by atomic mass is 10.0. The van der Waals surface area contributed by atoms with E-state index in [4.69, 9.17) is 9.98 Å². The van der Waals surface area contributed by atoms with Crippen molar-refractivity contribution in [1.29, 1.82) is 0 Å². The third kappa shape index (κ3) is 3.67. The van der Waals surface area contributed by atoms with Gasteiger partial charge in [-0.3, -0.25) is 4.99 Å². The summed E-state index contributed by atoms with van der Waals surface area (Å²) in [5, 5.41) is 7.15. The SMILES string of the molecule is c1cc2c(cc1N1CCN(c3ccc4nc([C@@H]5CCCN5)[nH]c4c3)CC1)CC([C@@H]1CCCN1)=N2. The lowest BCUT2D eigenvalue weighted by molar-refractivity contribution is 0.614. The summed E-state index contributed by atoms with van der Waals surface area (Å²) in [6, 6.07) is 14.4. The summed E-state index contributed by atoms with van der Waals surface area (Å²) in [7, 11) is 0. The molecule has 2 atom stereocenters. The number of aromatic amines is 1. The van der Waals surface area contributed by atoms with Crippen molar-refractivity contribution in [2.45, 2.75) is 44.2 Å². The number of hydrogen-bond acceptors (Lipinski definition) is 6. The number of aliphatic imine (C=N–C) groups is 1. The van der Waals surface area contributed by atoms with Crippen molar-refractivity contribution in [3.63, 3.8) is 0 Å². The molecule has 7 heteroatoms. The Labute approximate surface area is 200 Å². The van der Waals surface area contributed by atoms with Gasteiger partial charge >= 0.3 is 0 Å². The van der Waals surface area contributed by atoms with Gasteiger partial charge in [-0.1, -0.05) is 0 Å². The molecule has 0 unspecified atom stereocenters. The van der Waals surface area contributed by atoms with Gasteiger partial charge in [0, 0.05) is 55.7 Å². The maximum atomic E-state index is 4.94. The predicted molar refractivity (Wildman–Crippen MR) is 139 cm³/mol. The molecule has 0 spiro atoms. The molecule has 3 fully saturated rings. The second kappa shape index (κ2) is 8.40. The first kappa shape index (κ1) is 20.5. The lowest BCUT2D eigenvalue weighted by Crippen LogP contribution is -2.46. The number of benzene rings is 2. The van der Waals surface area contributed by atoms with Gasteiger partial charge in [-0.05, 0) is 80.7 Å². The molecule has 7 rings (SSSR count). The van der Waals surface area contributed by atoms with E-state index in [1.165, 1.54) is 54.0 Å². The Kier molecular flexibility index (Phi) is 5.05. The molecule has 1 aromatic heterocycles. The van der Waals surface area contributed by atoms with Gasteiger partial charge < -0.3 is 25.4 Å². The van der Waals surface area contributed by atoms with Crippen molar-refractivity contribution in [1.82, 2.24) is 20.6 Å². The van der Waals surface area contributed by atoms with Gasteiger partial charge in [0.05, 0.1) is 22.8 Å². The number of H-pyrrole nitrogens is 1. The first-order valence-corrected chi connectivity index (χ1v) is 13.0. The normalized spacial score (nSPS) is 24.8. The number of nitrogens with one attached hydrogen (secondary N) is 3. The summed E-state index contributed by atoms with van der Waals surface area (Å²) in [5.74, 6) is 1.09. The number of aromatic nitrogens is 2. The van der Waals surface area contributed by atoms with E-state index in [1.807, 2.05) is 0 Å². The number of nitrogens with zero attached hydrogens (tertiary/aromatic N) is 4. The monoisotopic (exact) mass is 455 g/mol. The molecule has 0 amide bonds. The zero-order valence-electron chi connectivity index (χ0n) is 19.7. The summed E-state index contributed by atoms with van der Waals surface area (Å²) in [5.41, 5.74) is 8.74. The molecular weight excluding hydrogens is 422 g/mol. The standard InChI is InChI=1S/C27H33N7/c1-3-22(28-9-1)25-16-18-15-19(5-7-21(18)30-25)33-11-13-34(14-12-33)20-6-8-23-26(17-20)32-27(31-23)24-4-2-10-29-24/h5-8,15,17,22,24,28-29H,1-4,9-14,16H2,(H,31,32)/t22-,24-/m0/s1. The van der Waals surface area contributed by atoms with Crippen molar-refractivity contribution in [3.05, 3.63) is 47.8 Å². The second-order valence-electron chi connectivity index (χ2n) is 10.2. The molecule has 4 aliphatic rings. The number of piperazine rings is 1. The minimum Gasteiger partial charge on any atom is -0.368 e. The van der Waals surface area contributed by atoms with E-state index in [2.05, 4.69) is 61.8 Å². The fraction of sp³-hybridized carbons (Fsp3) is 0.481.